The van der Waals surface area contributed by atoms with Crippen molar-refractivity contribution in [2.75, 3.05) is 26.2 Å². The lowest BCUT2D eigenvalue weighted by Gasteiger charge is -2.19. The molecular formula is C58H112N6O6. The average Bonchev–Trinajstić information content (AvgIpc) is 3.34. The van der Waals surface area contributed by atoms with Gasteiger partial charge in [-0.3, -0.25) is 28.8 Å². The van der Waals surface area contributed by atoms with E-state index in [1.54, 1.807) is 0 Å². The normalized spacial score (nSPS) is 12.0. The SMILES string of the molecule is CCCCCCCCCC(=O)NCCCC[C@H](NC(=O)CCCCCCCCC)C(=O)NCCCCCCNC(=O)[C@H](CCCCNC(=O)CCCCCCCCC)NC(=O)CCCCCCCCC. The minimum atomic E-state index is -0.599. The summed E-state index contributed by atoms with van der Waals surface area (Å²) < 4.78 is 0. The number of unbranched alkanes of at least 4 members (excludes halogenated alkanes) is 29. The van der Waals surface area contributed by atoms with Gasteiger partial charge in [-0.2, -0.15) is 0 Å². The van der Waals surface area contributed by atoms with E-state index in [0.717, 1.165) is 116 Å². The molecule has 2 atom stereocenters. The molecule has 0 rings (SSSR count). The van der Waals surface area contributed by atoms with Crippen molar-refractivity contribution >= 4 is 35.4 Å². The van der Waals surface area contributed by atoms with Crippen LogP contribution in [-0.4, -0.2) is 73.7 Å². The van der Waals surface area contributed by atoms with Gasteiger partial charge in [0.15, 0.2) is 0 Å². The van der Waals surface area contributed by atoms with Gasteiger partial charge in [0, 0.05) is 51.9 Å². The molecule has 6 N–H and O–H groups in total. The van der Waals surface area contributed by atoms with Crippen molar-refractivity contribution in [3.8, 4) is 0 Å². The Morgan fingerprint density at radius 2 is 0.486 bits per heavy atom. The summed E-state index contributed by atoms with van der Waals surface area (Å²) in [7, 11) is 0. The van der Waals surface area contributed by atoms with Gasteiger partial charge in [-0.05, 0) is 77.0 Å². The quantitative estimate of drug-likeness (QED) is 0.0331. The molecule has 0 saturated carbocycles. The minimum Gasteiger partial charge on any atom is -0.356 e. The first-order valence-corrected chi connectivity index (χ1v) is 29.9. The Labute approximate surface area is 430 Å². The van der Waals surface area contributed by atoms with Crippen LogP contribution in [-0.2, 0) is 28.8 Å². The van der Waals surface area contributed by atoms with Crippen molar-refractivity contribution in [3.05, 3.63) is 0 Å². The number of carbonyl (C=O) groups excluding carboxylic acids is 6. The van der Waals surface area contributed by atoms with Crippen LogP contribution in [0.15, 0.2) is 0 Å². The third-order valence-electron chi connectivity index (χ3n) is 13.5. The van der Waals surface area contributed by atoms with Crippen LogP contribution in [0.25, 0.3) is 0 Å². The summed E-state index contributed by atoms with van der Waals surface area (Å²) in [6.07, 6.45) is 41.6. The first kappa shape index (κ1) is 66.8. The predicted molar refractivity (Wildman–Crippen MR) is 293 cm³/mol. The molecule has 6 amide bonds. The highest BCUT2D eigenvalue weighted by Gasteiger charge is 2.21. The van der Waals surface area contributed by atoms with E-state index in [1.165, 1.54) is 116 Å². The second kappa shape index (κ2) is 52.2. The van der Waals surface area contributed by atoms with Crippen LogP contribution < -0.4 is 31.9 Å². The van der Waals surface area contributed by atoms with E-state index in [4.69, 9.17) is 0 Å². The molecule has 0 heterocycles. The predicted octanol–water partition coefficient (Wildman–Crippen LogP) is 12.9. The standard InChI is InChI=1S/C58H112N6O6/c1-5-9-13-17-21-25-31-43-53(65)59-47-39-35-41-51(63-55(67)45-33-27-23-19-15-11-7-3)57(69)61-49-37-29-30-38-50-62-58(70)52(64-56(68)46-34-28-24-20-16-12-8-4)42-36-40-48-60-54(66)44-32-26-22-18-14-10-6-2/h51-52H,5-50H2,1-4H3,(H,59,65)(H,60,66)(H,61,69)(H,62,70)(H,63,67)(H,64,68)/t51-,52-/m0/s1. The van der Waals surface area contributed by atoms with E-state index >= 15 is 0 Å². The average molecular weight is 990 g/mol. The number of carbonyl (C=O) groups is 6. The van der Waals surface area contributed by atoms with Gasteiger partial charge in [0.25, 0.3) is 0 Å². The Hall–Kier alpha value is -3.18. The molecule has 0 aliphatic carbocycles. The molecule has 0 unspecified atom stereocenters. The molecule has 0 aromatic carbocycles. The molecule has 0 aliphatic rings. The van der Waals surface area contributed by atoms with Crippen LogP contribution in [0.3, 0.4) is 0 Å². The van der Waals surface area contributed by atoms with Gasteiger partial charge in [-0.25, -0.2) is 0 Å². The van der Waals surface area contributed by atoms with Gasteiger partial charge in [0.1, 0.15) is 12.1 Å². The highest BCUT2D eigenvalue weighted by molar-refractivity contribution is 5.88. The maximum absolute atomic E-state index is 13.4. The molecule has 12 heteroatoms. The zero-order valence-corrected chi connectivity index (χ0v) is 46.1. The van der Waals surface area contributed by atoms with Crippen LogP contribution in [0, 0.1) is 0 Å². The van der Waals surface area contributed by atoms with E-state index in [0.29, 0.717) is 64.7 Å². The summed E-state index contributed by atoms with van der Waals surface area (Å²) in [5, 5.41) is 18.2. The fourth-order valence-corrected chi connectivity index (χ4v) is 8.89. The Bertz CT molecular complexity index is 1170. The summed E-state index contributed by atoms with van der Waals surface area (Å²) in [5.74, 6) is -0.288. The van der Waals surface area contributed by atoms with Crippen LogP contribution >= 0.6 is 0 Å². The number of hydrogen-bond donors (Lipinski definition) is 6. The second-order valence-electron chi connectivity index (χ2n) is 20.4. The van der Waals surface area contributed by atoms with Gasteiger partial charge in [-0.1, -0.05) is 195 Å². The fourth-order valence-electron chi connectivity index (χ4n) is 8.89. The van der Waals surface area contributed by atoms with Gasteiger partial charge in [0.05, 0.1) is 0 Å². The first-order chi connectivity index (χ1) is 34.2. The van der Waals surface area contributed by atoms with Crippen molar-refractivity contribution in [1.82, 2.24) is 31.9 Å². The Balaban J connectivity index is 4.83. The van der Waals surface area contributed by atoms with Gasteiger partial charge >= 0.3 is 0 Å². The van der Waals surface area contributed by atoms with Crippen molar-refractivity contribution in [2.45, 2.75) is 309 Å². The Kier molecular flexibility index (Phi) is 49.8. The van der Waals surface area contributed by atoms with Crippen molar-refractivity contribution in [3.63, 3.8) is 0 Å². The number of rotatable bonds is 53. The Morgan fingerprint density at radius 3 is 0.786 bits per heavy atom. The van der Waals surface area contributed by atoms with E-state index in [1.807, 2.05) is 0 Å². The first-order valence-electron chi connectivity index (χ1n) is 29.9. The van der Waals surface area contributed by atoms with Crippen LogP contribution in [0.2, 0.25) is 0 Å². The molecule has 0 aromatic heterocycles. The van der Waals surface area contributed by atoms with Crippen LogP contribution in [0.5, 0.6) is 0 Å². The van der Waals surface area contributed by atoms with E-state index in [2.05, 4.69) is 59.6 Å². The topological polar surface area (TPSA) is 175 Å². The van der Waals surface area contributed by atoms with Crippen molar-refractivity contribution < 1.29 is 28.8 Å². The molecule has 0 spiro atoms. The molecule has 12 nitrogen and oxygen atoms in total. The van der Waals surface area contributed by atoms with Crippen molar-refractivity contribution in [1.29, 1.82) is 0 Å². The molecule has 0 aliphatic heterocycles. The van der Waals surface area contributed by atoms with Gasteiger partial charge in [-0.15, -0.1) is 0 Å². The summed E-state index contributed by atoms with van der Waals surface area (Å²) in [4.78, 5) is 77.3. The smallest absolute Gasteiger partial charge is 0.242 e. The lowest BCUT2D eigenvalue weighted by atomic mass is 10.1. The summed E-state index contributed by atoms with van der Waals surface area (Å²) in [5.41, 5.74) is 0. The molecule has 410 valence electrons. The Morgan fingerprint density at radius 1 is 0.257 bits per heavy atom. The van der Waals surface area contributed by atoms with Gasteiger partial charge < -0.3 is 31.9 Å². The zero-order chi connectivity index (χ0) is 51.4. The molecular weight excluding hydrogens is 877 g/mol. The summed E-state index contributed by atoms with van der Waals surface area (Å²) in [6.45, 7) is 11.0. The lowest BCUT2D eigenvalue weighted by Crippen LogP contribution is -2.47. The summed E-state index contributed by atoms with van der Waals surface area (Å²) >= 11 is 0. The lowest BCUT2D eigenvalue weighted by molar-refractivity contribution is -0.129. The largest absolute Gasteiger partial charge is 0.356 e. The maximum atomic E-state index is 13.4. The molecule has 0 saturated heterocycles. The monoisotopic (exact) mass is 989 g/mol. The van der Waals surface area contributed by atoms with Crippen molar-refractivity contribution in [2.24, 2.45) is 0 Å². The highest BCUT2D eigenvalue weighted by atomic mass is 16.2. The van der Waals surface area contributed by atoms with E-state index in [-0.39, 0.29) is 35.4 Å². The summed E-state index contributed by atoms with van der Waals surface area (Å²) in [6, 6.07) is -1.20. The van der Waals surface area contributed by atoms with Gasteiger partial charge in [0.2, 0.25) is 35.4 Å². The molecule has 70 heavy (non-hydrogen) atoms. The third kappa shape index (κ3) is 45.9. The molecule has 0 aromatic rings. The van der Waals surface area contributed by atoms with E-state index in [9.17, 15) is 28.8 Å². The van der Waals surface area contributed by atoms with E-state index < -0.39 is 12.1 Å². The van der Waals surface area contributed by atoms with Crippen LogP contribution in [0.4, 0.5) is 0 Å². The maximum Gasteiger partial charge on any atom is 0.242 e. The molecule has 0 fully saturated rings. The molecule has 0 bridgehead atoms. The number of hydrogen-bond acceptors (Lipinski definition) is 6. The minimum absolute atomic E-state index is 0.0773. The van der Waals surface area contributed by atoms with Crippen LogP contribution in [0.1, 0.15) is 297 Å². The third-order valence-corrected chi connectivity index (χ3v) is 13.5. The fraction of sp³-hybridized carbons (Fsp3) is 0.897. The molecule has 0 radical (unpaired) electrons. The second-order valence-corrected chi connectivity index (χ2v) is 20.4. The number of amides is 6. The number of nitrogens with one attached hydrogen (secondary N) is 6. The highest BCUT2D eigenvalue weighted by Crippen LogP contribution is 2.13. The zero-order valence-electron chi connectivity index (χ0n) is 46.1.